The Morgan fingerprint density at radius 1 is 1.31 bits per heavy atom. The van der Waals surface area contributed by atoms with Crippen molar-refractivity contribution in [3.05, 3.63) is 53.7 Å². The molecule has 1 unspecified atom stereocenters. The Morgan fingerprint density at radius 3 is 2.75 bits per heavy atom. The first-order chi connectivity index (χ1) is 7.74. The Kier molecular flexibility index (Phi) is 2.92. The number of halogens is 1. The minimum absolute atomic E-state index is 0.180. The summed E-state index contributed by atoms with van der Waals surface area (Å²) in [5.74, 6) is 0.251. The van der Waals surface area contributed by atoms with Crippen molar-refractivity contribution in [3.8, 4) is 5.75 Å². The van der Waals surface area contributed by atoms with E-state index >= 15 is 0 Å². The summed E-state index contributed by atoms with van der Waals surface area (Å²) in [6.07, 6.45) is 1.51. The molecule has 0 bridgehead atoms. The van der Waals surface area contributed by atoms with Crippen molar-refractivity contribution in [1.82, 2.24) is 0 Å². The minimum atomic E-state index is -0.620. The Balaban J connectivity index is 2.41. The summed E-state index contributed by atoms with van der Waals surface area (Å²) in [6, 6.07) is 7.67. The molecule has 3 nitrogen and oxygen atoms in total. The largest absolute Gasteiger partial charge is 0.494 e. The summed E-state index contributed by atoms with van der Waals surface area (Å²) in [4.78, 5) is 0. The van der Waals surface area contributed by atoms with Gasteiger partial charge < -0.3 is 14.9 Å². The van der Waals surface area contributed by atoms with Gasteiger partial charge in [-0.15, -0.1) is 0 Å². The lowest BCUT2D eigenvalue weighted by Crippen LogP contribution is -2.13. The lowest BCUT2D eigenvalue weighted by Gasteiger charge is -2.12. The van der Waals surface area contributed by atoms with Crippen LogP contribution in [0.1, 0.15) is 17.4 Å². The molecule has 0 aliphatic carbocycles. The van der Waals surface area contributed by atoms with Crippen LogP contribution in [0.5, 0.6) is 5.75 Å². The summed E-state index contributed by atoms with van der Waals surface area (Å²) < 4.78 is 23.9. The van der Waals surface area contributed by atoms with Crippen LogP contribution in [-0.2, 0) is 0 Å². The van der Waals surface area contributed by atoms with Crippen LogP contribution in [0.3, 0.4) is 0 Å². The fraction of sp³-hybridized carbons (Fsp3) is 0.167. The minimum Gasteiger partial charge on any atom is -0.494 e. The molecular weight excluding hydrogens is 209 g/mol. The van der Waals surface area contributed by atoms with E-state index in [2.05, 4.69) is 0 Å². The number of hydrogen-bond donors (Lipinski definition) is 1. The summed E-state index contributed by atoms with van der Waals surface area (Å²) in [5.41, 5.74) is 6.25. The van der Waals surface area contributed by atoms with Crippen LogP contribution < -0.4 is 10.5 Å². The van der Waals surface area contributed by atoms with Gasteiger partial charge in [-0.25, -0.2) is 4.39 Å². The molecule has 0 aliphatic heterocycles. The number of hydrogen-bond acceptors (Lipinski definition) is 3. The van der Waals surface area contributed by atoms with Crippen molar-refractivity contribution >= 4 is 0 Å². The predicted octanol–water partition coefficient (Wildman–Crippen LogP) is 2.48. The first kappa shape index (κ1) is 10.7. The molecule has 0 fully saturated rings. The van der Waals surface area contributed by atoms with Crippen LogP contribution in [0.2, 0.25) is 0 Å². The lowest BCUT2D eigenvalue weighted by atomic mass is 10.0. The van der Waals surface area contributed by atoms with Crippen LogP contribution in [-0.4, -0.2) is 7.11 Å². The molecule has 2 aromatic rings. The van der Waals surface area contributed by atoms with Crippen LogP contribution >= 0.6 is 0 Å². The molecule has 84 valence electrons. The van der Waals surface area contributed by atoms with E-state index in [0.29, 0.717) is 11.3 Å². The second-order valence-corrected chi connectivity index (χ2v) is 3.36. The molecule has 4 heteroatoms. The van der Waals surface area contributed by atoms with Gasteiger partial charge in [-0.05, 0) is 18.2 Å². The van der Waals surface area contributed by atoms with Gasteiger partial charge in [-0.3, -0.25) is 0 Å². The van der Waals surface area contributed by atoms with E-state index in [0.717, 1.165) is 0 Å². The number of rotatable bonds is 3. The zero-order valence-electron chi connectivity index (χ0n) is 8.81. The van der Waals surface area contributed by atoms with Crippen molar-refractivity contribution in [1.29, 1.82) is 0 Å². The second-order valence-electron chi connectivity index (χ2n) is 3.36. The van der Waals surface area contributed by atoms with Crippen LogP contribution in [0.25, 0.3) is 0 Å². The first-order valence-electron chi connectivity index (χ1n) is 4.85. The third-order valence-corrected chi connectivity index (χ3v) is 2.40. The quantitative estimate of drug-likeness (QED) is 0.866. The van der Waals surface area contributed by atoms with Crippen molar-refractivity contribution in [2.24, 2.45) is 5.73 Å². The number of nitrogens with two attached hydrogens (primary N) is 1. The van der Waals surface area contributed by atoms with Gasteiger partial charge in [0, 0.05) is 5.56 Å². The molecule has 1 aromatic heterocycles. The Labute approximate surface area is 92.6 Å². The third kappa shape index (κ3) is 1.79. The third-order valence-electron chi connectivity index (χ3n) is 2.40. The molecule has 16 heavy (non-hydrogen) atoms. The van der Waals surface area contributed by atoms with Gasteiger partial charge in [0.25, 0.3) is 0 Å². The molecule has 0 saturated carbocycles. The van der Waals surface area contributed by atoms with Gasteiger partial charge in [-0.1, -0.05) is 12.1 Å². The second kappa shape index (κ2) is 4.37. The highest BCUT2D eigenvalue weighted by Gasteiger charge is 2.18. The summed E-state index contributed by atoms with van der Waals surface area (Å²) in [6.45, 7) is 0. The normalized spacial score (nSPS) is 12.4. The number of methoxy groups -OCH3 is 1. The summed E-state index contributed by atoms with van der Waals surface area (Å²) in [5, 5.41) is 0. The summed E-state index contributed by atoms with van der Waals surface area (Å²) in [7, 11) is 1.42. The molecule has 0 spiro atoms. The topological polar surface area (TPSA) is 48.4 Å². The van der Waals surface area contributed by atoms with Crippen LogP contribution in [0.4, 0.5) is 4.39 Å². The van der Waals surface area contributed by atoms with Gasteiger partial charge in [-0.2, -0.15) is 0 Å². The number of furan rings is 1. The van der Waals surface area contributed by atoms with E-state index in [1.807, 2.05) is 0 Å². The van der Waals surface area contributed by atoms with Crippen molar-refractivity contribution in [2.75, 3.05) is 7.11 Å². The van der Waals surface area contributed by atoms with E-state index in [9.17, 15) is 4.39 Å². The molecule has 1 heterocycles. The zero-order chi connectivity index (χ0) is 11.5. The fourth-order valence-corrected chi connectivity index (χ4v) is 1.55. The molecular formula is C12H12FNO2. The molecule has 1 aromatic carbocycles. The molecule has 2 N–H and O–H groups in total. The Bertz CT molecular complexity index is 468. The zero-order valence-corrected chi connectivity index (χ0v) is 8.81. The van der Waals surface area contributed by atoms with Crippen molar-refractivity contribution in [2.45, 2.75) is 6.04 Å². The highest BCUT2D eigenvalue weighted by atomic mass is 19.1. The molecule has 0 saturated heterocycles. The van der Waals surface area contributed by atoms with E-state index in [-0.39, 0.29) is 5.75 Å². The molecule has 1 atom stereocenters. The summed E-state index contributed by atoms with van der Waals surface area (Å²) >= 11 is 0. The maximum absolute atomic E-state index is 13.9. The maximum Gasteiger partial charge on any atom is 0.170 e. The smallest absolute Gasteiger partial charge is 0.170 e. The Hall–Kier alpha value is -1.81. The number of ether oxygens (including phenoxy) is 1. The highest BCUT2D eigenvalue weighted by Crippen LogP contribution is 2.27. The van der Waals surface area contributed by atoms with Crippen LogP contribution in [0, 0.1) is 5.82 Å². The highest BCUT2D eigenvalue weighted by molar-refractivity contribution is 5.35. The predicted molar refractivity (Wildman–Crippen MR) is 57.7 cm³/mol. The van der Waals surface area contributed by atoms with E-state index in [4.69, 9.17) is 14.9 Å². The standard InChI is InChI=1S/C12H12FNO2/c1-15-9-5-2-4-8(11(9)13)12(14)10-6-3-7-16-10/h2-7,12H,14H2,1H3. The SMILES string of the molecule is COc1cccc(C(N)c2ccco2)c1F. The van der Waals surface area contributed by atoms with Crippen molar-refractivity contribution < 1.29 is 13.5 Å². The first-order valence-corrected chi connectivity index (χ1v) is 4.85. The van der Waals surface area contributed by atoms with Gasteiger partial charge >= 0.3 is 0 Å². The van der Waals surface area contributed by atoms with Gasteiger partial charge in [0.15, 0.2) is 11.6 Å². The van der Waals surface area contributed by atoms with E-state index in [1.54, 1.807) is 30.3 Å². The molecule has 0 amide bonds. The van der Waals surface area contributed by atoms with Crippen LogP contribution in [0.15, 0.2) is 41.0 Å². The molecule has 0 aliphatic rings. The van der Waals surface area contributed by atoms with Gasteiger partial charge in [0.2, 0.25) is 0 Å². The average Bonchev–Trinajstić information content (AvgIpc) is 2.82. The van der Waals surface area contributed by atoms with E-state index in [1.165, 1.54) is 13.4 Å². The van der Waals surface area contributed by atoms with Gasteiger partial charge in [0.1, 0.15) is 5.76 Å². The molecule has 2 rings (SSSR count). The van der Waals surface area contributed by atoms with Crippen molar-refractivity contribution in [3.63, 3.8) is 0 Å². The van der Waals surface area contributed by atoms with Gasteiger partial charge in [0.05, 0.1) is 19.4 Å². The average molecular weight is 221 g/mol. The Morgan fingerprint density at radius 2 is 2.12 bits per heavy atom. The van der Waals surface area contributed by atoms with E-state index < -0.39 is 11.9 Å². The lowest BCUT2D eigenvalue weighted by molar-refractivity contribution is 0.381. The maximum atomic E-state index is 13.9. The number of benzene rings is 1. The molecule has 0 radical (unpaired) electrons. The fourth-order valence-electron chi connectivity index (χ4n) is 1.55. The monoisotopic (exact) mass is 221 g/mol.